The van der Waals surface area contributed by atoms with Crippen LogP contribution < -0.4 is 9.47 Å². The number of benzene rings is 3. The molecule has 2 N–H and O–H groups in total. The molecule has 0 saturated carbocycles. The molecule has 0 spiro atoms. The standard InChI is InChI=1S/C29H32O5/c1-29(2,28(31)32)23-11-14-24(15-12-23)33-16-6-9-21-19-27-22(18-26(21)30)17-25(34-27)13-10-20-7-4-3-5-8-20/h3-5,7-8,11-12,14-15,18-19,25,30H,6,9-10,13,16-17H2,1-2H3,(H,31,32). The normalized spacial score (nSPS) is 14.9. The van der Waals surface area contributed by atoms with Gasteiger partial charge in [-0.05, 0) is 80.5 Å². The van der Waals surface area contributed by atoms with Gasteiger partial charge < -0.3 is 19.7 Å². The van der Waals surface area contributed by atoms with Gasteiger partial charge in [-0.2, -0.15) is 0 Å². The Morgan fingerprint density at radius 1 is 1.06 bits per heavy atom. The molecular weight excluding hydrogens is 428 g/mol. The molecule has 1 aliphatic rings. The molecule has 5 heteroatoms. The number of aryl methyl sites for hydroxylation is 2. The number of carboxylic acids is 1. The van der Waals surface area contributed by atoms with E-state index >= 15 is 0 Å². The average molecular weight is 461 g/mol. The third-order valence-electron chi connectivity index (χ3n) is 6.57. The van der Waals surface area contributed by atoms with Crippen molar-refractivity contribution >= 4 is 5.97 Å². The van der Waals surface area contributed by atoms with Gasteiger partial charge in [-0.15, -0.1) is 0 Å². The number of aromatic hydroxyl groups is 1. The first-order valence-electron chi connectivity index (χ1n) is 11.8. The number of hydrogen-bond donors (Lipinski definition) is 2. The van der Waals surface area contributed by atoms with Crippen LogP contribution in [-0.2, 0) is 29.5 Å². The first-order valence-corrected chi connectivity index (χ1v) is 11.8. The molecule has 1 aliphatic heterocycles. The monoisotopic (exact) mass is 460 g/mol. The fourth-order valence-corrected chi connectivity index (χ4v) is 4.27. The van der Waals surface area contributed by atoms with Crippen LogP contribution in [0.15, 0.2) is 66.7 Å². The van der Waals surface area contributed by atoms with E-state index in [-0.39, 0.29) is 6.10 Å². The topological polar surface area (TPSA) is 76.0 Å². The van der Waals surface area contributed by atoms with Gasteiger partial charge in [0, 0.05) is 12.0 Å². The van der Waals surface area contributed by atoms with Gasteiger partial charge in [0.2, 0.25) is 0 Å². The summed E-state index contributed by atoms with van der Waals surface area (Å²) in [7, 11) is 0. The molecule has 0 amide bonds. The largest absolute Gasteiger partial charge is 0.508 e. The van der Waals surface area contributed by atoms with E-state index in [0.29, 0.717) is 24.5 Å². The number of phenolic OH excluding ortho intramolecular Hbond substituents is 1. The Bertz CT molecular complexity index is 1120. The number of carboxylic acid groups (broad SMARTS) is 1. The van der Waals surface area contributed by atoms with Crippen LogP contribution in [-0.4, -0.2) is 28.9 Å². The van der Waals surface area contributed by atoms with Crippen LogP contribution in [0, 0.1) is 0 Å². The number of phenols is 1. The lowest BCUT2D eigenvalue weighted by molar-refractivity contribution is -0.142. The second kappa shape index (κ2) is 10.2. The lowest BCUT2D eigenvalue weighted by Crippen LogP contribution is -2.28. The van der Waals surface area contributed by atoms with E-state index in [0.717, 1.165) is 48.1 Å². The quantitative estimate of drug-likeness (QED) is 0.380. The molecule has 0 aromatic heterocycles. The zero-order valence-corrected chi connectivity index (χ0v) is 19.8. The first kappa shape index (κ1) is 23.7. The zero-order chi connectivity index (χ0) is 24.1. The van der Waals surface area contributed by atoms with Gasteiger partial charge in [-0.25, -0.2) is 0 Å². The summed E-state index contributed by atoms with van der Waals surface area (Å²) in [6, 6.07) is 21.4. The van der Waals surface area contributed by atoms with Crippen molar-refractivity contribution in [3.63, 3.8) is 0 Å². The molecule has 0 aliphatic carbocycles. The summed E-state index contributed by atoms with van der Waals surface area (Å²) in [5, 5.41) is 19.8. The van der Waals surface area contributed by atoms with Crippen molar-refractivity contribution in [3.05, 3.63) is 89.0 Å². The van der Waals surface area contributed by atoms with E-state index in [1.54, 1.807) is 38.1 Å². The minimum Gasteiger partial charge on any atom is -0.508 e. The van der Waals surface area contributed by atoms with Crippen LogP contribution in [0.3, 0.4) is 0 Å². The lowest BCUT2D eigenvalue weighted by Gasteiger charge is -2.19. The molecule has 1 heterocycles. The van der Waals surface area contributed by atoms with Crippen LogP contribution in [0.1, 0.15) is 48.9 Å². The minimum atomic E-state index is -0.938. The lowest BCUT2D eigenvalue weighted by atomic mass is 9.85. The maximum absolute atomic E-state index is 11.4. The molecule has 34 heavy (non-hydrogen) atoms. The van der Waals surface area contributed by atoms with Crippen LogP contribution in [0.2, 0.25) is 0 Å². The molecule has 1 unspecified atom stereocenters. The Morgan fingerprint density at radius 3 is 2.50 bits per heavy atom. The van der Waals surface area contributed by atoms with E-state index in [4.69, 9.17) is 9.47 Å². The second-order valence-electron chi connectivity index (χ2n) is 9.46. The van der Waals surface area contributed by atoms with E-state index < -0.39 is 11.4 Å². The van der Waals surface area contributed by atoms with Crippen molar-refractivity contribution in [2.75, 3.05) is 6.61 Å². The van der Waals surface area contributed by atoms with Gasteiger partial charge in [-0.3, -0.25) is 4.79 Å². The van der Waals surface area contributed by atoms with Gasteiger partial charge in [0.15, 0.2) is 0 Å². The minimum absolute atomic E-state index is 0.141. The van der Waals surface area contributed by atoms with Crippen LogP contribution >= 0.6 is 0 Å². The highest BCUT2D eigenvalue weighted by Crippen LogP contribution is 2.36. The first-order chi connectivity index (χ1) is 16.3. The Morgan fingerprint density at radius 2 is 1.79 bits per heavy atom. The van der Waals surface area contributed by atoms with Crippen molar-refractivity contribution in [3.8, 4) is 17.2 Å². The number of aliphatic carboxylic acids is 1. The van der Waals surface area contributed by atoms with E-state index in [1.807, 2.05) is 18.2 Å². The molecular formula is C29H32O5. The summed E-state index contributed by atoms with van der Waals surface area (Å²) < 4.78 is 12.0. The Kier molecular flexibility index (Phi) is 7.11. The highest BCUT2D eigenvalue weighted by Gasteiger charge is 2.29. The van der Waals surface area contributed by atoms with Crippen molar-refractivity contribution < 1.29 is 24.5 Å². The molecule has 3 aromatic rings. The van der Waals surface area contributed by atoms with E-state index in [9.17, 15) is 15.0 Å². The maximum atomic E-state index is 11.4. The van der Waals surface area contributed by atoms with Crippen molar-refractivity contribution in [2.24, 2.45) is 0 Å². The molecule has 0 bridgehead atoms. The summed E-state index contributed by atoms with van der Waals surface area (Å²) in [5.74, 6) is 1.03. The van der Waals surface area contributed by atoms with Gasteiger partial charge in [0.05, 0.1) is 12.0 Å². The molecule has 5 nitrogen and oxygen atoms in total. The maximum Gasteiger partial charge on any atom is 0.313 e. The highest BCUT2D eigenvalue weighted by atomic mass is 16.5. The van der Waals surface area contributed by atoms with Crippen LogP contribution in [0.5, 0.6) is 17.2 Å². The van der Waals surface area contributed by atoms with Crippen molar-refractivity contribution in [1.29, 1.82) is 0 Å². The number of ether oxygens (including phenoxy) is 2. The fourth-order valence-electron chi connectivity index (χ4n) is 4.27. The third-order valence-corrected chi connectivity index (χ3v) is 6.57. The van der Waals surface area contributed by atoms with E-state index in [2.05, 4.69) is 24.3 Å². The number of fused-ring (bicyclic) bond motifs is 1. The smallest absolute Gasteiger partial charge is 0.313 e. The molecule has 0 radical (unpaired) electrons. The summed E-state index contributed by atoms with van der Waals surface area (Å²) in [4.78, 5) is 11.4. The van der Waals surface area contributed by atoms with Crippen molar-refractivity contribution in [2.45, 2.75) is 57.5 Å². The Labute approximate surface area is 201 Å². The summed E-state index contributed by atoms with van der Waals surface area (Å²) >= 11 is 0. The van der Waals surface area contributed by atoms with Gasteiger partial charge >= 0.3 is 5.97 Å². The zero-order valence-electron chi connectivity index (χ0n) is 19.8. The summed E-state index contributed by atoms with van der Waals surface area (Å²) in [5.41, 5.74) is 3.04. The molecule has 4 rings (SSSR count). The molecule has 178 valence electrons. The highest BCUT2D eigenvalue weighted by molar-refractivity contribution is 5.80. The number of rotatable bonds is 10. The van der Waals surface area contributed by atoms with Gasteiger partial charge in [0.1, 0.15) is 23.4 Å². The van der Waals surface area contributed by atoms with Crippen molar-refractivity contribution in [1.82, 2.24) is 0 Å². The number of carbonyl (C=O) groups is 1. The predicted molar refractivity (Wildman–Crippen MR) is 132 cm³/mol. The second-order valence-corrected chi connectivity index (χ2v) is 9.46. The SMILES string of the molecule is CC(C)(C(=O)O)c1ccc(OCCCc2cc3c(cc2O)CC(CCc2ccccc2)O3)cc1. The average Bonchev–Trinajstić information content (AvgIpc) is 3.23. The Balaban J connectivity index is 1.26. The Hall–Kier alpha value is -3.47. The summed E-state index contributed by atoms with van der Waals surface area (Å²) in [6.45, 7) is 3.87. The van der Waals surface area contributed by atoms with Gasteiger partial charge in [0.25, 0.3) is 0 Å². The third kappa shape index (κ3) is 5.53. The van der Waals surface area contributed by atoms with Crippen LogP contribution in [0.25, 0.3) is 0 Å². The fraction of sp³-hybridized carbons (Fsp3) is 0.345. The molecule has 0 saturated heterocycles. The molecule has 1 atom stereocenters. The molecule has 0 fully saturated rings. The van der Waals surface area contributed by atoms with Crippen LogP contribution in [0.4, 0.5) is 0 Å². The predicted octanol–water partition coefficient (Wildman–Crippen LogP) is 5.70. The van der Waals surface area contributed by atoms with E-state index in [1.165, 1.54) is 5.56 Å². The summed E-state index contributed by atoms with van der Waals surface area (Å²) in [6.07, 6.45) is 4.32. The van der Waals surface area contributed by atoms with Gasteiger partial charge in [-0.1, -0.05) is 42.5 Å². The number of hydrogen-bond acceptors (Lipinski definition) is 4. The molecule has 3 aromatic carbocycles.